The van der Waals surface area contributed by atoms with Crippen molar-refractivity contribution in [1.29, 1.82) is 0 Å². The van der Waals surface area contributed by atoms with Crippen LogP contribution in [0.5, 0.6) is 0 Å². The highest BCUT2D eigenvalue weighted by molar-refractivity contribution is 5.83. The van der Waals surface area contributed by atoms with Gasteiger partial charge < -0.3 is 30.0 Å². The first-order valence-electron chi connectivity index (χ1n) is 12.5. The molecule has 3 N–H and O–H groups in total. The minimum Gasteiger partial charge on any atom is -0.462 e. The molecule has 3 saturated heterocycles. The average molecular weight is 483 g/mol. The molecule has 2 aromatic rings. The van der Waals surface area contributed by atoms with E-state index < -0.39 is 0 Å². The Hall–Kier alpha value is -2.95. The van der Waals surface area contributed by atoms with Crippen molar-refractivity contribution in [1.82, 2.24) is 25.4 Å². The van der Waals surface area contributed by atoms with Gasteiger partial charge in [-0.25, -0.2) is 4.98 Å². The Morgan fingerprint density at radius 1 is 1.17 bits per heavy atom. The zero-order valence-electron chi connectivity index (χ0n) is 19.9. The van der Waals surface area contributed by atoms with Gasteiger partial charge in [-0.15, -0.1) is 0 Å². The van der Waals surface area contributed by atoms with Crippen molar-refractivity contribution in [2.75, 3.05) is 44.2 Å². The molecular weight excluding hydrogens is 448 g/mol. The molecule has 3 aliphatic rings. The van der Waals surface area contributed by atoms with Crippen molar-refractivity contribution >= 4 is 17.6 Å². The molecule has 2 amide bonds. The van der Waals surface area contributed by atoms with Gasteiger partial charge >= 0.3 is 0 Å². The zero-order valence-corrected chi connectivity index (χ0v) is 19.9. The van der Waals surface area contributed by atoms with Crippen LogP contribution in [0.1, 0.15) is 30.8 Å². The normalized spacial score (nSPS) is 24.9. The Balaban J connectivity index is 1.09. The van der Waals surface area contributed by atoms with Crippen molar-refractivity contribution in [3.63, 3.8) is 0 Å². The molecule has 2 aromatic heterocycles. The molecule has 5 rings (SSSR count). The van der Waals surface area contributed by atoms with Gasteiger partial charge in [0.2, 0.25) is 11.8 Å². The number of furan rings is 1. The van der Waals surface area contributed by atoms with Crippen LogP contribution in [0.2, 0.25) is 0 Å². The quantitative estimate of drug-likeness (QED) is 0.493. The lowest BCUT2D eigenvalue weighted by Crippen LogP contribution is -2.58. The molecule has 3 fully saturated rings. The van der Waals surface area contributed by atoms with Gasteiger partial charge in [0.25, 0.3) is 0 Å². The highest BCUT2D eigenvalue weighted by Gasteiger charge is 2.43. The van der Waals surface area contributed by atoms with Crippen LogP contribution >= 0.6 is 0 Å². The number of aromatic nitrogens is 1. The number of nitrogens with zero attached hydrogens (tertiary/aromatic N) is 4. The van der Waals surface area contributed by atoms with E-state index in [1.807, 2.05) is 29.2 Å². The van der Waals surface area contributed by atoms with Crippen LogP contribution in [0.3, 0.4) is 0 Å². The average Bonchev–Trinajstić information content (AvgIpc) is 3.55. The molecule has 0 bridgehead atoms. The van der Waals surface area contributed by atoms with E-state index in [2.05, 4.69) is 25.4 Å². The molecule has 10 nitrogen and oxygen atoms in total. The van der Waals surface area contributed by atoms with Crippen LogP contribution in [0.15, 0.2) is 40.9 Å². The van der Waals surface area contributed by atoms with Crippen LogP contribution in [0, 0.1) is 0 Å². The van der Waals surface area contributed by atoms with E-state index in [1.165, 1.54) is 0 Å². The van der Waals surface area contributed by atoms with Crippen molar-refractivity contribution in [3.05, 3.63) is 48.0 Å². The molecule has 3 unspecified atom stereocenters. The number of anilines is 1. The second kappa shape index (κ2) is 10.8. The fraction of sp³-hybridized carbons (Fsp3) is 0.560. The van der Waals surface area contributed by atoms with Crippen LogP contribution in [-0.4, -0.2) is 89.1 Å². The minimum absolute atomic E-state index is 0.0723. The predicted molar refractivity (Wildman–Crippen MR) is 129 cm³/mol. The molecule has 188 valence electrons. The fourth-order valence-corrected chi connectivity index (χ4v) is 5.41. The van der Waals surface area contributed by atoms with Crippen LogP contribution < -0.4 is 15.5 Å². The smallest absolute Gasteiger partial charge is 0.237 e. The maximum atomic E-state index is 12.9. The number of rotatable bonds is 8. The number of hydrogen-bond donors (Lipinski definition) is 3. The predicted octanol–water partition coefficient (Wildman–Crippen LogP) is 0.327. The van der Waals surface area contributed by atoms with Crippen molar-refractivity contribution < 1.29 is 19.1 Å². The van der Waals surface area contributed by atoms with Crippen LogP contribution in [-0.2, 0) is 22.7 Å². The molecule has 35 heavy (non-hydrogen) atoms. The van der Waals surface area contributed by atoms with Gasteiger partial charge in [0, 0.05) is 64.0 Å². The SMILES string of the molecule is O=C1NCC(CCC(=O)N2CCN(c3ccccn3)CC2)N2CC(NCc3ccc(CO)o3)CC12. The number of amides is 2. The molecule has 3 aliphatic heterocycles. The summed E-state index contributed by atoms with van der Waals surface area (Å²) in [4.78, 5) is 36.3. The number of carbonyl (C=O) groups excluding carboxylic acids is 2. The lowest BCUT2D eigenvalue weighted by Gasteiger charge is -2.38. The second-order valence-electron chi connectivity index (χ2n) is 9.55. The van der Waals surface area contributed by atoms with Gasteiger partial charge in [-0.05, 0) is 37.1 Å². The molecule has 3 atom stereocenters. The number of fused-ring (bicyclic) bond motifs is 1. The maximum Gasteiger partial charge on any atom is 0.237 e. The molecule has 5 heterocycles. The number of hydrogen-bond acceptors (Lipinski definition) is 8. The summed E-state index contributed by atoms with van der Waals surface area (Å²) in [5.41, 5.74) is 0. The Labute approximate surface area is 205 Å². The molecule has 0 saturated carbocycles. The monoisotopic (exact) mass is 482 g/mol. The fourth-order valence-electron chi connectivity index (χ4n) is 5.41. The van der Waals surface area contributed by atoms with Gasteiger partial charge in [-0.2, -0.15) is 0 Å². The van der Waals surface area contributed by atoms with E-state index in [1.54, 1.807) is 12.3 Å². The Bertz CT molecular complexity index is 1010. The van der Waals surface area contributed by atoms with Gasteiger partial charge in [0.05, 0.1) is 12.6 Å². The molecule has 0 spiro atoms. The number of aliphatic hydroxyl groups excluding tert-OH is 1. The molecule has 0 aromatic carbocycles. The Morgan fingerprint density at radius 3 is 2.74 bits per heavy atom. The first-order chi connectivity index (χ1) is 17.1. The maximum absolute atomic E-state index is 12.9. The van der Waals surface area contributed by atoms with Crippen molar-refractivity contribution in [2.45, 2.75) is 50.5 Å². The summed E-state index contributed by atoms with van der Waals surface area (Å²) < 4.78 is 5.55. The van der Waals surface area contributed by atoms with Gasteiger partial charge in [-0.3, -0.25) is 14.5 Å². The lowest BCUT2D eigenvalue weighted by atomic mass is 10.0. The highest BCUT2D eigenvalue weighted by atomic mass is 16.4. The summed E-state index contributed by atoms with van der Waals surface area (Å²) in [6.45, 7) is 4.80. The van der Waals surface area contributed by atoms with Gasteiger partial charge in [0.15, 0.2) is 0 Å². The first kappa shape index (κ1) is 23.8. The summed E-state index contributed by atoms with van der Waals surface area (Å²) in [5.74, 6) is 2.54. The van der Waals surface area contributed by atoms with E-state index in [0.29, 0.717) is 38.4 Å². The van der Waals surface area contributed by atoms with Crippen molar-refractivity contribution in [2.24, 2.45) is 0 Å². The van der Waals surface area contributed by atoms with E-state index in [-0.39, 0.29) is 36.5 Å². The van der Waals surface area contributed by atoms with Crippen LogP contribution in [0.25, 0.3) is 0 Å². The van der Waals surface area contributed by atoms with E-state index >= 15 is 0 Å². The van der Waals surface area contributed by atoms with Gasteiger partial charge in [-0.1, -0.05) is 6.07 Å². The third kappa shape index (κ3) is 5.50. The summed E-state index contributed by atoms with van der Waals surface area (Å²) in [6, 6.07) is 9.70. The minimum atomic E-state index is -0.159. The standard InChI is InChI=1S/C25H34N6O4/c32-17-21-6-5-20(35-21)15-27-18-13-22-25(34)28-14-19(31(22)16-18)4-7-24(33)30-11-9-29(10-12-30)23-3-1-2-8-26-23/h1-3,5-6,8,18-19,22,27,32H,4,7,9-17H2,(H,28,34). The summed E-state index contributed by atoms with van der Waals surface area (Å²) >= 11 is 0. The van der Waals surface area contributed by atoms with Crippen molar-refractivity contribution in [3.8, 4) is 0 Å². The van der Waals surface area contributed by atoms with E-state index in [0.717, 1.165) is 44.1 Å². The topological polar surface area (TPSA) is 114 Å². The first-order valence-corrected chi connectivity index (χ1v) is 12.5. The number of pyridine rings is 1. The van der Waals surface area contributed by atoms with Crippen LogP contribution in [0.4, 0.5) is 5.82 Å². The Kier molecular flexibility index (Phi) is 7.31. The third-order valence-corrected chi connectivity index (χ3v) is 7.36. The van der Waals surface area contributed by atoms with E-state index in [4.69, 9.17) is 9.52 Å². The second-order valence-corrected chi connectivity index (χ2v) is 9.55. The summed E-state index contributed by atoms with van der Waals surface area (Å²) in [6.07, 6.45) is 3.76. The molecule has 0 radical (unpaired) electrons. The Morgan fingerprint density at radius 2 is 2.00 bits per heavy atom. The largest absolute Gasteiger partial charge is 0.462 e. The number of nitrogens with one attached hydrogen (secondary N) is 2. The highest BCUT2D eigenvalue weighted by Crippen LogP contribution is 2.26. The lowest BCUT2D eigenvalue weighted by molar-refractivity contribution is -0.132. The van der Waals surface area contributed by atoms with E-state index in [9.17, 15) is 9.59 Å². The third-order valence-electron chi connectivity index (χ3n) is 7.36. The number of piperazine rings is 2. The number of aliphatic hydroxyl groups is 1. The molecular formula is C25H34N6O4. The summed E-state index contributed by atoms with van der Waals surface area (Å²) in [7, 11) is 0. The van der Waals surface area contributed by atoms with Gasteiger partial charge in [0.1, 0.15) is 23.9 Å². The zero-order chi connectivity index (χ0) is 24.2. The summed E-state index contributed by atoms with van der Waals surface area (Å²) in [5, 5.41) is 15.7. The molecule has 0 aliphatic carbocycles. The number of carbonyl (C=O) groups is 2. The molecule has 10 heteroatoms.